The van der Waals surface area contributed by atoms with E-state index in [0.717, 1.165) is 0 Å². The van der Waals surface area contributed by atoms with Crippen molar-refractivity contribution in [3.63, 3.8) is 0 Å². The van der Waals surface area contributed by atoms with Gasteiger partial charge < -0.3 is 9.90 Å². The molecule has 0 fully saturated rings. The minimum absolute atomic E-state index is 0. The zero-order chi connectivity index (χ0) is 12.8. The number of likely N-dealkylation sites (N-methyl/N-ethyl adjacent to an activating group) is 1. The predicted octanol–water partition coefficient (Wildman–Crippen LogP) is -1.51. The minimum Gasteiger partial charge on any atom is -0.548 e. The van der Waals surface area contributed by atoms with Crippen LogP contribution < -0.4 is 34.7 Å². The Balaban J connectivity index is 0.00000289. The molecule has 6 heteroatoms. The molecule has 1 rings (SSSR count). The van der Waals surface area contributed by atoms with Gasteiger partial charge in [-0.1, -0.05) is 31.2 Å². The van der Waals surface area contributed by atoms with Crippen LogP contribution >= 0.6 is 0 Å². The van der Waals surface area contributed by atoms with E-state index in [4.69, 9.17) is 0 Å². The maximum Gasteiger partial charge on any atom is 1.00 e. The van der Waals surface area contributed by atoms with Crippen molar-refractivity contribution < 1.29 is 39.5 Å². The number of hydrogen-bond donors (Lipinski definition) is 0. The molecule has 0 amide bonds. The molecule has 0 saturated carbocycles. The van der Waals surface area contributed by atoms with Gasteiger partial charge in [-0.15, -0.1) is 5.11 Å². The van der Waals surface area contributed by atoms with Gasteiger partial charge in [0.05, 0.1) is 18.2 Å². The van der Waals surface area contributed by atoms with Crippen LogP contribution in [-0.4, -0.2) is 24.6 Å². The first kappa shape index (κ1) is 17.1. The van der Waals surface area contributed by atoms with Crippen LogP contribution in [0, 0.1) is 0 Å². The van der Waals surface area contributed by atoms with Gasteiger partial charge in [-0.3, -0.25) is 5.01 Å². The third-order valence-electron chi connectivity index (χ3n) is 2.23. The molecule has 1 aromatic rings. The average molecular weight is 257 g/mol. The number of rotatable bonds is 5. The fourth-order valence-electron chi connectivity index (χ4n) is 1.27. The molecule has 0 radical (unpaired) electrons. The van der Waals surface area contributed by atoms with Crippen LogP contribution in [0.5, 0.6) is 0 Å². The molecule has 18 heavy (non-hydrogen) atoms. The van der Waals surface area contributed by atoms with Gasteiger partial charge in [-0.25, -0.2) is 0 Å². The summed E-state index contributed by atoms with van der Waals surface area (Å²) in [6.45, 7) is 3.96. The first-order valence-electron chi connectivity index (χ1n) is 5.41. The zero-order valence-corrected chi connectivity index (χ0v) is 13.3. The molecule has 0 bridgehead atoms. The van der Waals surface area contributed by atoms with Gasteiger partial charge >= 0.3 is 29.6 Å². The molecule has 92 valence electrons. The summed E-state index contributed by atoms with van der Waals surface area (Å²) >= 11 is 0. The van der Waals surface area contributed by atoms with E-state index in [9.17, 15) is 9.90 Å². The largest absolute Gasteiger partial charge is 1.00 e. The van der Waals surface area contributed by atoms with E-state index in [1.165, 1.54) is 17.6 Å². The van der Waals surface area contributed by atoms with E-state index in [0.29, 0.717) is 11.6 Å². The summed E-state index contributed by atoms with van der Waals surface area (Å²) < 4.78 is 0. The SMILES string of the molecule is CC(C)c1ccc(N=NN(C)CC(=O)[O-])cc1.[Na+]. The third-order valence-corrected chi connectivity index (χ3v) is 2.23. The van der Waals surface area contributed by atoms with Gasteiger partial charge in [0.2, 0.25) is 0 Å². The number of carbonyl (C=O) groups is 1. The number of carboxylic acids is 1. The van der Waals surface area contributed by atoms with Crippen molar-refractivity contribution in [2.75, 3.05) is 13.6 Å². The summed E-state index contributed by atoms with van der Waals surface area (Å²) in [6, 6.07) is 7.67. The van der Waals surface area contributed by atoms with Crippen LogP contribution in [-0.2, 0) is 4.79 Å². The normalized spacial score (nSPS) is 10.4. The first-order chi connectivity index (χ1) is 7.99. The van der Waals surface area contributed by atoms with Crippen molar-refractivity contribution >= 4 is 11.7 Å². The van der Waals surface area contributed by atoms with Crippen LogP contribution in [0.3, 0.4) is 0 Å². The van der Waals surface area contributed by atoms with Crippen LogP contribution in [0.1, 0.15) is 25.3 Å². The molecule has 0 N–H and O–H groups in total. The fourth-order valence-corrected chi connectivity index (χ4v) is 1.27. The molecule has 0 aliphatic carbocycles. The van der Waals surface area contributed by atoms with Gasteiger partial charge in [-0.05, 0) is 23.6 Å². The molecule has 1 aromatic carbocycles. The molecule has 0 aliphatic rings. The minimum atomic E-state index is -1.18. The van der Waals surface area contributed by atoms with Gasteiger partial charge in [0, 0.05) is 7.05 Å². The van der Waals surface area contributed by atoms with Crippen molar-refractivity contribution in [3.05, 3.63) is 29.8 Å². The van der Waals surface area contributed by atoms with Crippen LogP contribution in [0.25, 0.3) is 0 Å². The van der Waals surface area contributed by atoms with Crippen molar-refractivity contribution in [2.24, 2.45) is 10.3 Å². The average Bonchev–Trinajstić information content (AvgIpc) is 2.26. The Hall–Kier alpha value is -0.910. The standard InChI is InChI=1S/C12H17N3O2.Na/c1-9(2)10-4-6-11(7-5-10)13-14-15(3)8-12(16)17;/h4-7,9H,8H2,1-3H3,(H,16,17);/q;+1/p-1. The Labute approximate surface area is 129 Å². The number of benzene rings is 1. The van der Waals surface area contributed by atoms with Crippen LogP contribution in [0.4, 0.5) is 5.69 Å². The maximum atomic E-state index is 10.3. The Morgan fingerprint density at radius 3 is 2.33 bits per heavy atom. The second kappa shape index (κ2) is 8.24. The molecule has 0 unspecified atom stereocenters. The summed E-state index contributed by atoms with van der Waals surface area (Å²) in [6.07, 6.45) is 0. The Morgan fingerprint density at radius 1 is 1.33 bits per heavy atom. The van der Waals surface area contributed by atoms with Crippen molar-refractivity contribution in [1.29, 1.82) is 0 Å². The van der Waals surface area contributed by atoms with Gasteiger partial charge in [0.15, 0.2) is 0 Å². The summed E-state index contributed by atoms with van der Waals surface area (Å²) in [7, 11) is 1.53. The van der Waals surface area contributed by atoms with E-state index in [1.807, 2.05) is 24.3 Å². The number of carboxylic acid groups (broad SMARTS) is 1. The van der Waals surface area contributed by atoms with Crippen molar-refractivity contribution in [3.8, 4) is 0 Å². The van der Waals surface area contributed by atoms with Crippen LogP contribution in [0.15, 0.2) is 34.6 Å². The smallest absolute Gasteiger partial charge is 0.548 e. The van der Waals surface area contributed by atoms with E-state index in [-0.39, 0.29) is 36.1 Å². The monoisotopic (exact) mass is 257 g/mol. The van der Waals surface area contributed by atoms with E-state index in [1.54, 1.807) is 0 Å². The quantitative estimate of drug-likeness (QED) is 0.366. The second-order valence-electron chi connectivity index (χ2n) is 4.12. The third kappa shape index (κ3) is 6.14. The fraction of sp³-hybridized carbons (Fsp3) is 0.417. The summed E-state index contributed by atoms with van der Waals surface area (Å²) in [4.78, 5) is 10.3. The predicted molar refractivity (Wildman–Crippen MR) is 62.7 cm³/mol. The van der Waals surface area contributed by atoms with Gasteiger partial charge in [0.25, 0.3) is 0 Å². The molecule has 0 heterocycles. The summed E-state index contributed by atoms with van der Waals surface area (Å²) in [5.41, 5.74) is 1.92. The summed E-state index contributed by atoms with van der Waals surface area (Å²) in [5, 5.41) is 19.2. The molecule has 0 aromatic heterocycles. The van der Waals surface area contributed by atoms with E-state index < -0.39 is 5.97 Å². The second-order valence-corrected chi connectivity index (χ2v) is 4.12. The molecule has 5 nitrogen and oxygen atoms in total. The molecular formula is C12H16N3NaO2. The zero-order valence-electron chi connectivity index (χ0n) is 11.3. The Kier molecular flexibility index (Phi) is 7.82. The first-order valence-corrected chi connectivity index (χ1v) is 5.41. The molecular weight excluding hydrogens is 241 g/mol. The maximum absolute atomic E-state index is 10.3. The van der Waals surface area contributed by atoms with Crippen molar-refractivity contribution in [1.82, 2.24) is 5.01 Å². The number of hydrogen-bond acceptors (Lipinski definition) is 4. The van der Waals surface area contributed by atoms with Crippen molar-refractivity contribution in [2.45, 2.75) is 19.8 Å². The van der Waals surface area contributed by atoms with E-state index in [2.05, 4.69) is 24.2 Å². The number of aliphatic carboxylic acids is 1. The molecule has 0 spiro atoms. The van der Waals surface area contributed by atoms with E-state index >= 15 is 0 Å². The Bertz CT molecular complexity index is 404. The molecule has 0 aliphatic heterocycles. The van der Waals surface area contributed by atoms with Gasteiger partial charge in [-0.2, -0.15) is 0 Å². The number of nitrogens with zero attached hydrogens (tertiary/aromatic N) is 3. The molecule has 0 atom stereocenters. The Morgan fingerprint density at radius 2 is 1.89 bits per heavy atom. The van der Waals surface area contributed by atoms with Gasteiger partial charge in [0.1, 0.15) is 0 Å². The topological polar surface area (TPSA) is 68.1 Å². The van der Waals surface area contributed by atoms with Crippen LogP contribution in [0.2, 0.25) is 0 Å². The molecule has 0 saturated heterocycles. The summed E-state index contributed by atoms with van der Waals surface area (Å²) in [5.74, 6) is -0.705. The number of carbonyl (C=O) groups excluding carboxylic acids is 1.